The van der Waals surface area contributed by atoms with Crippen molar-refractivity contribution in [3.05, 3.63) is 65.2 Å². The Kier molecular flexibility index (Phi) is 4.91. The Morgan fingerprint density at radius 2 is 1.58 bits per heavy atom. The van der Waals surface area contributed by atoms with Crippen molar-refractivity contribution in [2.24, 2.45) is 0 Å². The van der Waals surface area contributed by atoms with Crippen molar-refractivity contribution in [1.29, 1.82) is 0 Å². The second-order valence-corrected chi connectivity index (χ2v) is 4.89. The molecular formula is C15H13BrF2O. The largest absolute Gasteiger partial charge is 0.483 e. The van der Waals surface area contributed by atoms with E-state index in [1.807, 2.05) is 30.3 Å². The third-order valence-electron chi connectivity index (χ3n) is 2.67. The number of rotatable bonds is 5. The second-order valence-electron chi connectivity index (χ2n) is 4.10. The lowest BCUT2D eigenvalue weighted by Gasteiger charge is -2.10. The monoisotopic (exact) mass is 326 g/mol. The smallest absolute Gasteiger partial charge is 0.191 e. The topological polar surface area (TPSA) is 9.23 Å². The van der Waals surface area contributed by atoms with Crippen LogP contribution in [0.3, 0.4) is 0 Å². The van der Waals surface area contributed by atoms with Crippen molar-refractivity contribution < 1.29 is 13.5 Å². The van der Waals surface area contributed by atoms with E-state index in [1.165, 1.54) is 12.1 Å². The summed E-state index contributed by atoms with van der Waals surface area (Å²) in [6, 6.07) is 11.9. The van der Waals surface area contributed by atoms with Gasteiger partial charge in [-0.3, -0.25) is 0 Å². The molecule has 0 aliphatic carbocycles. The number of hydrogen-bond donors (Lipinski definition) is 0. The number of benzene rings is 2. The predicted molar refractivity (Wildman–Crippen MR) is 74.6 cm³/mol. The van der Waals surface area contributed by atoms with E-state index in [1.54, 1.807) is 0 Å². The Balaban J connectivity index is 2.12. The zero-order valence-electron chi connectivity index (χ0n) is 10.2. The predicted octanol–water partition coefficient (Wildman–Crippen LogP) is 4.48. The van der Waals surface area contributed by atoms with Crippen LogP contribution in [-0.4, -0.2) is 5.33 Å². The highest BCUT2D eigenvalue weighted by Crippen LogP contribution is 2.24. The lowest BCUT2D eigenvalue weighted by molar-refractivity contribution is 0.274. The minimum Gasteiger partial charge on any atom is -0.483 e. The van der Waals surface area contributed by atoms with Crippen LogP contribution in [0.1, 0.15) is 11.1 Å². The molecule has 2 aromatic carbocycles. The Bertz CT molecular complexity index is 520. The lowest BCUT2D eigenvalue weighted by Crippen LogP contribution is -2.01. The van der Waals surface area contributed by atoms with Gasteiger partial charge in [0.05, 0.1) is 0 Å². The van der Waals surface area contributed by atoms with Gasteiger partial charge in [0.15, 0.2) is 17.4 Å². The second kappa shape index (κ2) is 6.66. The van der Waals surface area contributed by atoms with Crippen LogP contribution < -0.4 is 4.74 Å². The molecule has 1 nitrogen and oxygen atoms in total. The van der Waals surface area contributed by atoms with Crippen molar-refractivity contribution in [3.63, 3.8) is 0 Å². The van der Waals surface area contributed by atoms with E-state index in [0.29, 0.717) is 17.3 Å². The van der Waals surface area contributed by atoms with Gasteiger partial charge in [-0.15, -0.1) is 0 Å². The molecule has 0 aromatic heterocycles. The summed E-state index contributed by atoms with van der Waals surface area (Å²) in [5, 5.41) is 0.663. The number of halogens is 3. The van der Waals surface area contributed by atoms with Crippen molar-refractivity contribution in [2.45, 2.75) is 13.0 Å². The van der Waals surface area contributed by atoms with E-state index in [9.17, 15) is 8.78 Å². The maximum absolute atomic E-state index is 13.8. The Morgan fingerprint density at radius 1 is 0.947 bits per heavy atom. The maximum atomic E-state index is 13.8. The van der Waals surface area contributed by atoms with Crippen LogP contribution in [0.2, 0.25) is 0 Å². The van der Waals surface area contributed by atoms with Gasteiger partial charge >= 0.3 is 0 Å². The van der Waals surface area contributed by atoms with Crippen LogP contribution in [0.15, 0.2) is 42.5 Å². The molecule has 0 aliphatic rings. The zero-order valence-corrected chi connectivity index (χ0v) is 11.8. The normalized spacial score (nSPS) is 10.5. The van der Waals surface area contributed by atoms with E-state index in [0.717, 1.165) is 5.56 Å². The highest BCUT2D eigenvalue weighted by Gasteiger charge is 2.12. The Hall–Kier alpha value is -1.42. The Labute approximate surface area is 119 Å². The summed E-state index contributed by atoms with van der Waals surface area (Å²) in [5.41, 5.74) is 1.48. The summed E-state index contributed by atoms with van der Waals surface area (Å²) < 4.78 is 32.7. The first kappa shape index (κ1) is 14.0. The molecule has 0 heterocycles. The van der Waals surface area contributed by atoms with Gasteiger partial charge in [0, 0.05) is 5.33 Å². The summed E-state index contributed by atoms with van der Waals surface area (Å²) in [5.74, 6) is -1.64. The minimum atomic E-state index is -0.660. The van der Waals surface area contributed by atoms with Crippen LogP contribution in [0.5, 0.6) is 5.75 Å². The van der Waals surface area contributed by atoms with Gasteiger partial charge in [-0.25, -0.2) is 8.78 Å². The molecule has 19 heavy (non-hydrogen) atoms. The fraction of sp³-hybridized carbons (Fsp3) is 0.200. The number of alkyl halides is 1. The van der Waals surface area contributed by atoms with Gasteiger partial charge < -0.3 is 4.74 Å². The fourth-order valence-corrected chi connectivity index (χ4v) is 2.19. The molecule has 0 aliphatic heterocycles. The molecule has 2 rings (SSSR count). The molecule has 0 saturated carbocycles. The molecule has 4 heteroatoms. The van der Waals surface area contributed by atoms with Gasteiger partial charge in [0.1, 0.15) is 6.61 Å². The fourth-order valence-electron chi connectivity index (χ4n) is 1.73. The summed E-state index contributed by atoms with van der Waals surface area (Å²) in [6.45, 7) is 0.145. The highest BCUT2D eigenvalue weighted by molar-refractivity contribution is 9.09. The first-order chi connectivity index (χ1) is 9.20. The summed E-state index contributed by atoms with van der Waals surface area (Å²) in [7, 11) is 0. The van der Waals surface area contributed by atoms with Crippen LogP contribution >= 0.6 is 15.9 Å². The summed E-state index contributed by atoms with van der Waals surface area (Å²) in [4.78, 5) is 0. The average molecular weight is 327 g/mol. The average Bonchev–Trinajstić information content (AvgIpc) is 2.39. The molecule has 0 atom stereocenters. The number of aryl methyl sites for hydroxylation is 1. The molecule has 0 bridgehead atoms. The molecule has 0 amide bonds. The van der Waals surface area contributed by atoms with Gasteiger partial charge in [0.25, 0.3) is 0 Å². The van der Waals surface area contributed by atoms with Crippen molar-refractivity contribution >= 4 is 15.9 Å². The highest BCUT2D eigenvalue weighted by atomic mass is 79.9. The molecule has 0 spiro atoms. The molecule has 2 aromatic rings. The van der Waals surface area contributed by atoms with Gasteiger partial charge in [0.2, 0.25) is 0 Å². The molecular weight excluding hydrogens is 314 g/mol. The first-order valence-electron chi connectivity index (χ1n) is 5.91. The van der Waals surface area contributed by atoms with Crippen molar-refractivity contribution in [1.82, 2.24) is 0 Å². The minimum absolute atomic E-state index is 0.145. The van der Waals surface area contributed by atoms with E-state index >= 15 is 0 Å². The molecule has 100 valence electrons. The third kappa shape index (κ3) is 3.77. The van der Waals surface area contributed by atoms with Gasteiger partial charge in [-0.1, -0.05) is 46.3 Å². The van der Waals surface area contributed by atoms with Gasteiger partial charge in [-0.2, -0.15) is 0 Å². The quantitative estimate of drug-likeness (QED) is 0.736. The van der Waals surface area contributed by atoms with Crippen LogP contribution in [0.25, 0.3) is 0 Å². The van der Waals surface area contributed by atoms with Crippen molar-refractivity contribution in [3.8, 4) is 5.75 Å². The molecule has 0 unspecified atom stereocenters. The third-order valence-corrected chi connectivity index (χ3v) is 3.06. The lowest BCUT2D eigenvalue weighted by atomic mass is 10.1. The van der Waals surface area contributed by atoms with E-state index in [4.69, 9.17) is 4.74 Å². The molecule has 0 fully saturated rings. The van der Waals surface area contributed by atoms with E-state index in [2.05, 4.69) is 15.9 Å². The molecule has 0 N–H and O–H groups in total. The summed E-state index contributed by atoms with van der Waals surface area (Å²) in [6.07, 6.45) is 0.576. The standard InChI is InChI=1S/C15H13BrF2O/c16-7-6-12-8-13(17)15(14(18)9-12)19-10-11-4-2-1-3-5-11/h1-5,8-9H,6-7,10H2. The Morgan fingerprint density at radius 3 is 2.16 bits per heavy atom. The van der Waals surface area contributed by atoms with E-state index in [-0.39, 0.29) is 12.4 Å². The molecule has 0 radical (unpaired) electrons. The maximum Gasteiger partial charge on any atom is 0.191 e. The summed E-state index contributed by atoms with van der Waals surface area (Å²) >= 11 is 3.24. The van der Waals surface area contributed by atoms with Crippen LogP contribution in [0.4, 0.5) is 8.78 Å². The van der Waals surface area contributed by atoms with Crippen LogP contribution in [-0.2, 0) is 13.0 Å². The molecule has 0 saturated heterocycles. The first-order valence-corrected chi connectivity index (χ1v) is 7.03. The van der Waals surface area contributed by atoms with Crippen LogP contribution in [0, 0.1) is 11.6 Å². The number of hydrogen-bond acceptors (Lipinski definition) is 1. The van der Waals surface area contributed by atoms with E-state index < -0.39 is 11.6 Å². The zero-order chi connectivity index (χ0) is 13.7. The number of ether oxygens (including phenoxy) is 1. The van der Waals surface area contributed by atoms with Gasteiger partial charge in [-0.05, 0) is 29.7 Å². The van der Waals surface area contributed by atoms with Crippen molar-refractivity contribution in [2.75, 3.05) is 5.33 Å². The SMILES string of the molecule is Fc1cc(CCBr)cc(F)c1OCc1ccccc1.